The van der Waals surface area contributed by atoms with Crippen molar-refractivity contribution in [1.82, 2.24) is 14.9 Å². The number of nitrogens with zero attached hydrogens (tertiary/aromatic N) is 3. The Morgan fingerprint density at radius 3 is 2.24 bits per heavy atom. The number of anilines is 1. The van der Waals surface area contributed by atoms with E-state index in [0.29, 0.717) is 11.3 Å². The van der Waals surface area contributed by atoms with E-state index in [-0.39, 0.29) is 17.5 Å². The van der Waals surface area contributed by atoms with Gasteiger partial charge in [0.15, 0.2) is 0 Å². The number of benzene rings is 1. The minimum Gasteiger partial charge on any atom is -0.345 e. The van der Waals surface area contributed by atoms with Gasteiger partial charge in [-0.2, -0.15) is 0 Å². The summed E-state index contributed by atoms with van der Waals surface area (Å²) in [6, 6.07) is 6.68. The number of carbonyl (C=O) groups is 2. The van der Waals surface area contributed by atoms with Crippen LogP contribution in [0.25, 0.3) is 0 Å². The van der Waals surface area contributed by atoms with Gasteiger partial charge in [-0.1, -0.05) is 0 Å². The van der Waals surface area contributed by atoms with Crippen LogP contribution in [0.1, 0.15) is 26.5 Å². The Morgan fingerprint density at radius 1 is 1.05 bits per heavy atom. The number of hydrogen-bond acceptors (Lipinski definition) is 4. The average molecular weight is 284 g/mol. The van der Waals surface area contributed by atoms with E-state index in [4.69, 9.17) is 0 Å². The fraction of sp³-hybridized carbons (Fsp3) is 0.200. The van der Waals surface area contributed by atoms with Crippen LogP contribution in [0.4, 0.5) is 5.69 Å². The Kier molecular flexibility index (Phi) is 4.27. The summed E-state index contributed by atoms with van der Waals surface area (Å²) in [5.41, 5.74) is 2.15. The maximum Gasteiger partial charge on any atom is 0.275 e. The van der Waals surface area contributed by atoms with Crippen molar-refractivity contribution in [1.29, 1.82) is 0 Å². The Balaban J connectivity index is 2.08. The maximum atomic E-state index is 12.0. The smallest absolute Gasteiger partial charge is 0.275 e. The zero-order valence-corrected chi connectivity index (χ0v) is 12.1. The zero-order chi connectivity index (χ0) is 15.4. The van der Waals surface area contributed by atoms with Crippen LogP contribution in [0.3, 0.4) is 0 Å². The molecule has 2 aromatic rings. The molecule has 0 aliphatic heterocycles. The molecule has 0 fully saturated rings. The molecule has 6 nitrogen and oxygen atoms in total. The number of aryl methyl sites for hydroxylation is 1. The maximum absolute atomic E-state index is 12.0. The van der Waals surface area contributed by atoms with Crippen molar-refractivity contribution < 1.29 is 9.59 Å². The van der Waals surface area contributed by atoms with E-state index in [1.165, 1.54) is 17.3 Å². The molecule has 0 aliphatic carbocycles. The molecule has 1 heterocycles. The summed E-state index contributed by atoms with van der Waals surface area (Å²) in [5, 5.41) is 2.71. The zero-order valence-electron chi connectivity index (χ0n) is 12.1. The van der Waals surface area contributed by atoms with E-state index in [2.05, 4.69) is 15.3 Å². The van der Waals surface area contributed by atoms with Crippen LogP contribution in [0.15, 0.2) is 36.7 Å². The number of rotatable bonds is 3. The highest BCUT2D eigenvalue weighted by molar-refractivity contribution is 6.03. The van der Waals surface area contributed by atoms with Crippen LogP contribution >= 0.6 is 0 Å². The second-order valence-corrected chi connectivity index (χ2v) is 4.77. The highest BCUT2D eigenvalue weighted by atomic mass is 16.2. The lowest BCUT2D eigenvalue weighted by atomic mass is 10.2. The average Bonchev–Trinajstić information content (AvgIpc) is 2.47. The molecule has 0 saturated heterocycles. The molecule has 0 unspecified atom stereocenters. The first-order valence-corrected chi connectivity index (χ1v) is 6.39. The first-order chi connectivity index (χ1) is 9.97. The Hall–Kier alpha value is -2.76. The Labute approximate surface area is 122 Å². The predicted molar refractivity (Wildman–Crippen MR) is 79.2 cm³/mol. The van der Waals surface area contributed by atoms with Gasteiger partial charge < -0.3 is 10.2 Å². The lowest BCUT2D eigenvalue weighted by Gasteiger charge is -2.10. The van der Waals surface area contributed by atoms with E-state index in [1.807, 2.05) is 0 Å². The second kappa shape index (κ2) is 6.13. The second-order valence-electron chi connectivity index (χ2n) is 4.77. The molecular weight excluding hydrogens is 268 g/mol. The topological polar surface area (TPSA) is 75.2 Å². The van der Waals surface area contributed by atoms with Gasteiger partial charge >= 0.3 is 0 Å². The van der Waals surface area contributed by atoms with E-state index in [9.17, 15) is 9.59 Å². The van der Waals surface area contributed by atoms with Crippen molar-refractivity contribution in [2.45, 2.75) is 6.92 Å². The van der Waals surface area contributed by atoms with Crippen molar-refractivity contribution in [2.75, 3.05) is 19.4 Å². The summed E-state index contributed by atoms with van der Waals surface area (Å²) in [7, 11) is 3.38. The minimum atomic E-state index is -0.339. The molecule has 21 heavy (non-hydrogen) atoms. The largest absolute Gasteiger partial charge is 0.345 e. The van der Waals surface area contributed by atoms with Gasteiger partial charge in [0.05, 0.1) is 11.9 Å². The van der Waals surface area contributed by atoms with Crippen LogP contribution in [-0.4, -0.2) is 40.8 Å². The van der Waals surface area contributed by atoms with Crippen LogP contribution in [0.5, 0.6) is 0 Å². The molecule has 108 valence electrons. The van der Waals surface area contributed by atoms with Crippen molar-refractivity contribution in [3.63, 3.8) is 0 Å². The summed E-state index contributed by atoms with van der Waals surface area (Å²) in [6.45, 7) is 1.80. The molecule has 2 rings (SSSR count). The van der Waals surface area contributed by atoms with Crippen LogP contribution in [0, 0.1) is 6.92 Å². The summed E-state index contributed by atoms with van der Waals surface area (Å²) in [5.74, 6) is -0.425. The molecule has 0 atom stereocenters. The van der Waals surface area contributed by atoms with Gasteiger partial charge in [-0.15, -0.1) is 0 Å². The molecule has 1 aromatic carbocycles. The SMILES string of the molecule is Cc1cnc(C(=O)Nc2ccc(C(=O)N(C)C)cc2)cn1. The Bertz CT molecular complexity index is 648. The van der Waals surface area contributed by atoms with Crippen molar-refractivity contribution in [3.8, 4) is 0 Å². The lowest BCUT2D eigenvalue weighted by molar-refractivity contribution is 0.0827. The van der Waals surface area contributed by atoms with Gasteiger partial charge in [0.1, 0.15) is 5.69 Å². The van der Waals surface area contributed by atoms with E-state index >= 15 is 0 Å². The predicted octanol–water partition coefficient (Wildman–Crippen LogP) is 1.74. The third-order valence-electron chi connectivity index (χ3n) is 2.81. The molecule has 0 saturated carbocycles. The molecule has 1 N–H and O–H groups in total. The van der Waals surface area contributed by atoms with E-state index < -0.39 is 0 Å². The van der Waals surface area contributed by atoms with Crippen molar-refractivity contribution >= 4 is 17.5 Å². The summed E-state index contributed by atoms with van der Waals surface area (Å²) >= 11 is 0. The first kappa shape index (κ1) is 14.6. The molecule has 1 aromatic heterocycles. The number of carbonyl (C=O) groups excluding carboxylic acids is 2. The minimum absolute atomic E-state index is 0.0859. The van der Waals surface area contributed by atoms with Crippen LogP contribution < -0.4 is 5.32 Å². The quantitative estimate of drug-likeness (QED) is 0.931. The van der Waals surface area contributed by atoms with E-state index in [1.54, 1.807) is 45.3 Å². The van der Waals surface area contributed by atoms with Crippen LogP contribution in [0.2, 0.25) is 0 Å². The number of aromatic nitrogens is 2. The fourth-order valence-corrected chi connectivity index (χ4v) is 1.66. The monoisotopic (exact) mass is 284 g/mol. The van der Waals surface area contributed by atoms with Gasteiger partial charge in [0.2, 0.25) is 0 Å². The van der Waals surface area contributed by atoms with E-state index in [0.717, 1.165) is 5.69 Å². The third-order valence-corrected chi connectivity index (χ3v) is 2.81. The first-order valence-electron chi connectivity index (χ1n) is 6.39. The molecule has 2 amide bonds. The van der Waals surface area contributed by atoms with Crippen molar-refractivity contribution in [2.24, 2.45) is 0 Å². The number of amides is 2. The van der Waals surface area contributed by atoms with Gasteiger partial charge in [-0.05, 0) is 31.2 Å². The summed E-state index contributed by atoms with van der Waals surface area (Å²) in [4.78, 5) is 33.2. The van der Waals surface area contributed by atoms with Crippen LogP contribution in [-0.2, 0) is 0 Å². The highest BCUT2D eigenvalue weighted by Crippen LogP contribution is 2.11. The molecular formula is C15H16N4O2. The van der Waals surface area contributed by atoms with Crippen molar-refractivity contribution in [3.05, 3.63) is 53.6 Å². The molecule has 0 spiro atoms. The number of hydrogen-bond donors (Lipinski definition) is 1. The van der Waals surface area contributed by atoms with Gasteiger partial charge in [-0.3, -0.25) is 14.6 Å². The summed E-state index contributed by atoms with van der Waals surface area (Å²) < 4.78 is 0. The summed E-state index contributed by atoms with van der Waals surface area (Å²) in [6.07, 6.45) is 2.96. The molecule has 0 radical (unpaired) electrons. The molecule has 0 aliphatic rings. The van der Waals surface area contributed by atoms with Gasteiger partial charge in [0, 0.05) is 31.5 Å². The van der Waals surface area contributed by atoms with Gasteiger partial charge in [0.25, 0.3) is 11.8 Å². The van der Waals surface area contributed by atoms with Gasteiger partial charge in [-0.25, -0.2) is 4.98 Å². The highest BCUT2D eigenvalue weighted by Gasteiger charge is 2.10. The molecule has 0 bridgehead atoms. The fourth-order valence-electron chi connectivity index (χ4n) is 1.66. The third kappa shape index (κ3) is 3.62. The lowest BCUT2D eigenvalue weighted by Crippen LogP contribution is -2.21. The molecule has 6 heteroatoms. The Morgan fingerprint density at radius 2 is 1.71 bits per heavy atom. The normalized spacial score (nSPS) is 10.0. The number of nitrogens with one attached hydrogen (secondary N) is 1. The standard InChI is InChI=1S/C15H16N4O2/c1-10-8-17-13(9-16-10)14(20)18-12-6-4-11(5-7-12)15(21)19(2)3/h4-9H,1-3H3,(H,18,20).